The summed E-state index contributed by atoms with van der Waals surface area (Å²) < 4.78 is 51.4. The Hall–Kier alpha value is -3.32. The molecule has 0 aliphatic carbocycles. The molecule has 1 saturated heterocycles. The smallest absolute Gasteiger partial charge is 0.416 e. The van der Waals surface area contributed by atoms with Crippen LogP contribution in [0.25, 0.3) is 11.3 Å². The quantitative estimate of drug-likeness (QED) is 0.347. The minimum Gasteiger partial charge on any atom is -0.444 e. The number of carbonyl (C=O) groups is 2. The molecule has 3 N–H and O–H groups in total. The van der Waals surface area contributed by atoms with Gasteiger partial charge in [-0.05, 0) is 24.6 Å². The van der Waals surface area contributed by atoms with Gasteiger partial charge in [-0.2, -0.15) is 18.3 Å². The SMILES string of the molecule is CCCC[C@H](NC(=O)O[C@H](Cn1ccc(-c2ccc(C(F)(F)F)cc2)n1)C(C)(C)C)[C@@H](O)CNC(=O)N1CCOCC1. The molecule has 0 saturated carbocycles. The van der Waals surface area contributed by atoms with E-state index in [1.165, 1.54) is 12.1 Å². The molecule has 1 fully saturated rings. The summed E-state index contributed by atoms with van der Waals surface area (Å²) in [6.45, 7) is 9.79. The number of ether oxygens (including phenoxy) is 2. The van der Waals surface area contributed by atoms with Crippen LogP contribution in [0.5, 0.6) is 0 Å². The molecule has 13 heteroatoms. The second-order valence-electron chi connectivity index (χ2n) is 11.5. The Morgan fingerprint density at radius 3 is 2.38 bits per heavy atom. The standard InChI is InChI=1S/C29H42F3N5O5/c1-5-6-7-23(24(38)18-33-26(39)36-14-16-41-17-15-36)34-27(40)42-25(28(2,3)4)19-37-13-12-22(35-37)20-8-10-21(11-9-20)29(30,31)32/h8-13,23-25,38H,5-7,14-19H2,1-4H3,(H,33,39)(H,34,40)/t23-,24-,25+/m0/s1. The summed E-state index contributed by atoms with van der Waals surface area (Å²) in [7, 11) is 0. The number of hydrogen-bond acceptors (Lipinski definition) is 6. The van der Waals surface area contributed by atoms with Gasteiger partial charge >= 0.3 is 18.3 Å². The minimum absolute atomic E-state index is 0.0342. The van der Waals surface area contributed by atoms with E-state index in [0.717, 1.165) is 25.0 Å². The molecule has 2 heterocycles. The van der Waals surface area contributed by atoms with E-state index in [4.69, 9.17) is 9.47 Å². The summed E-state index contributed by atoms with van der Waals surface area (Å²) >= 11 is 0. The lowest BCUT2D eigenvalue weighted by Crippen LogP contribution is -2.52. The molecule has 234 valence electrons. The predicted molar refractivity (Wildman–Crippen MR) is 151 cm³/mol. The van der Waals surface area contributed by atoms with Gasteiger partial charge in [0, 0.05) is 36.8 Å². The third-order valence-electron chi connectivity index (χ3n) is 7.11. The number of aromatic nitrogens is 2. The number of amides is 3. The number of alkyl halides is 3. The van der Waals surface area contributed by atoms with Crippen molar-refractivity contribution in [2.45, 2.75) is 77.9 Å². The van der Waals surface area contributed by atoms with Crippen molar-refractivity contribution in [1.29, 1.82) is 0 Å². The number of nitrogens with zero attached hydrogens (tertiary/aromatic N) is 3. The Bertz CT molecular complexity index is 1140. The molecule has 3 atom stereocenters. The third-order valence-corrected chi connectivity index (χ3v) is 7.11. The normalized spacial score (nSPS) is 16.4. The molecule has 1 aromatic heterocycles. The second kappa shape index (κ2) is 14.7. The van der Waals surface area contributed by atoms with Gasteiger partial charge in [0.15, 0.2) is 0 Å². The van der Waals surface area contributed by atoms with Gasteiger partial charge in [0.1, 0.15) is 6.10 Å². The number of halogens is 3. The van der Waals surface area contributed by atoms with Crippen molar-refractivity contribution in [2.75, 3.05) is 32.8 Å². The maximum atomic E-state index is 13.0. The van der Waals surface area contributed by atoms with E-state index >= 15 is 0 Å². The van der Waals surface area contributed by atoms with E-state index in [1.54, 1.807) is 21.8 Å². The van der Waals surface area contributed by atoms with Gasteiger partial charge in [0.2, 0.25) is 0 Å². The number of alkyl carbamates (subject to hydrolysis) is 1. The molecule has 0 radical (unpaired) electrons. The van der Waals surface area contributed by atoms with Crippen molar-refractivity contribution in [2.24, 2.45) is 5.41 Å². The van der Waals surface area contributed by atoms with E-state index in [9.17, 15) is 27.9 Å². The van der Waals surface area contributed by atoms with E-state index in [-0.39, 0.29) is 19.1 Å². The first-order valence-electron chi connectivity index (χ1n) is 14.2. The van der Waals surface area contributed by atoms with Gasteiger partial charge in [-0.25, -0.2) is 9.59 Å². The summed E-state index contributed by atoms with van der Waals surface area (Å²) in [6, 6.07) is 5.51. The predicted octanol–water partition coefficient (Wildman–Crippen LogP) is 4.67. The number of rotatable bonds is 11. The summed E-state index contributed by atoms with van der Waals surface area (Å²) in [5, 5.41) is 20.8. The first-order valence-corrected chi connectivity index (χ1v) is 14.2. The Kier molecular flexibility index (Phi) is 11.6. The second-order valence-corrected chi connectivity index (χ2v) is 11.5. The number of carbonyl (C=O) groups excluding carboxylic acids is 2. The number of unbranched alkanes of at least 4 members (excludes halogenated alkanes) is 1. The van der Waals surface area contributed by atoms with Crippen LogP contribution >= 0.6 is 0 Å². The van der Waals surface area contributed by atoms with Crippen LogP contribution in [0.2, 0.25) is 0 Å². The van der Waals surface area contributed by atoms with Crippen LogP contribution < -0.4 is 10.6 Å². The maximum Gasteiger partial charge on any atom is 0.416 e. The number of benzene rings is 1. The number of aliphatic hydroxyl groups is 1. The molecular formula is C29H42F3N5O5. The highest BCUT2D eigenvalue weighted by atomic mass is 19.4. The zero-order valence-corrected chi connectivity index (χ0v) is 24.6. The van der Waals surface area contributed by atoms with Crippen LogP contribution in [0, 0.1) is 5.41 Å². The molecular weight excluding hydrogens is 555 g/mol. The zero-order chi connectivity index (χ0) is 30.9. The van der Waals surface area contributed by atoms with Crippen LogP contribution in [0.3, 0.4) is 0 Å². The Morgan fingerprint density at radius 2 is 1.79 bits per heavy atom. The fourth-order valence-corrected chi connectivity index (χ4v) is 4.42. The molecule has 0 bridgehead atoms. The average Bonchev–Trinajstić information content (AvgIpc) is 3.41. The van der Waals surface area contributed by atoms with E-state index in [0.29, 0.717) is 44.0 Å². The van der Waals surface area contributed by atoms with Crippen molar-refractivity contribution in [1.82, 2.24) is 25.3 Å². The molecule has 1 aliphatic rings. The van der Waals surface area contributed by atoms with Crippen LogP contribution in [-0.4, -0.2) is 83.0 Å². The monoisotopic (exact) mass is 597 g/mol. The Morgan fingerprint density at radius 1 is 1.12 bits per heavy atom. The molecule has 2 aromatic rings. The molecule has 0 unspecified atom stereocenters. The largest absolute Gasteiger partial charge is 0.444 e. The highest BCUT2D eigenvalue weighted by Gasteiger charge is 2.32. The van der Waals surface area contributed by atoms with E-state index in [1.807, 2.05) is 27.7 Å². The van der Waals surface area contributed by atoms with Crippen LogP contribution in [0.1, 0.15) is 52.5 Å². The van der Waals surface area contributed by atoms with Gasteiger partial charge in [-0.3, -0.25) is 4.68 Å². The van der Waals surface area contributed by atoms with E-state index in [2.05, 4.69) is 15.7 Å². The molecule has 0 spiro atoms. The highest BCUT2D eigenvalue weighted by molar-refractivity contribution is 5.74. The van der Waals surface area contributed by atoms with Crippen molar-refractivity contribution < 1.29 is 37.3 Å². The number of morpholine rings is 1. The minimum atomic E-state index is -4.42. The molecule has 10 nitrogen and oxygen atoms in total. The first kappa shape index (κ1) is 33.2. The van der Waals surface area contributed by atoms with E-state index < -0.39 is 41.5 Å². The lowest BCUT2D eigenvalue weighted by Gasteiger charge is -2.32. The van der Waals surface area contributed by atoms with Gasteiger partial charge in [0.25, 0.3) is 0 Å². The van der Waals surface area contributed by atoms with Crippen molar-refractivity contribution in [3.8, 4) is 11.3 Å². The topological polar surface area (TPSA) is 118 Å². The lowest BCUT2D eigenvalue weighted by molar-refractivity contribution is -0.137. The third kappa shape index (κ3) is 9.90. The fourth-order valence-electron chi connectivity index (χ4n) is 4.42. The van der Waals surface area contributed by atoms with Gasteiger partial charge in [0.05, 0.1) is 43.2 Å². The van der Waals surface area contributed by atoms with Crippen molar-refractivity contribution in [3.05, 3.63) is 42.1 Å². The van der Waals surface area contributed by atoms with Crippen LogP contribution in [0.4, 0.5) is 22.8 Å². The molecule has 3 amide bonds. The average molecular weight is 598 g/mol. The van der Waals surface area contributed by atoms with Crippen molar-refractivity contribution in [3.63, 3.8) is 0 Å². The molecule has 1 aliphatic heterocycles. The number of nitrogens with one attached hydrogen (secondary N) is 2. The van der Waals surface area contributed by atoms with Gasteiger partial charge < -0.3 is 30.1 Å². The lowest BCUT2D eigenvalue weighted by atomic mass is 9.89. The summed E-state index contributed by atoms with van der Waals surface area (Å²) in [6.07, 6.45) is -2.99. The molecule has 3 rings (SSSR count). The summed E-state index contributed by atoms with van der Waals surface area (Å²) in [5.74, 6) is 0. The summed E-state index contributed by atoms with van der Waals surface area (Å²) in [5.41, 5.74) is -0.204. The fraction of sp³-hybridized carbons (Fsp3) is 0.621. The molecule has 42 heavy (non-hydrogen) atoms. The first-order chi connectivity index (χ1) is 19.8. The van der Waals surface area contributed by atoms with Gasteiger partial charge in [-0.1, -0.05) is 52.7 Å². The Labute approximate surface area is 244 Å². The van der Waals surface area contributed by atoms with Crippen molar-refractivity contribution >= 4 is 12.1 Å². The van der Waals surface area contributed by atoms with Crippen LogP contribution in [0.15, 0.2) is 36.5 Å². The zero-order valence-electron chi connectivity index (χ0n) is 24.6. The molecule has 1 aromatic carbocycles. The maximum absolute atomic E-state index is 13.0. The van der Waals surface area contributed by atoms with Gasteiger partial charge in [-0.15, -0.1) is 0 Å². The summed E-state index contributed by atoms with van der Waals surface area (Å²) in [4.78, 5) is 27.1. The van der Waals surface area contributed by atoms with Crippen LogP contribution in [-0.2, 0) is 22.2 Å². The number of aliphatic hydroxyl groups excluding tert-OH is 1. The highest BCUT2D eigenvalue weighted by Crippen LogP contribution is 2.31. The number of urea groups is 1. The number of hydrogen-bond donors (Lipinski definition) is 3. The Balaban J connectivity index is 1.61.